The van der Waals surface area contributed by atoms with E-state index in [9.17, 15) is 9.59 Å². The van der Waals surface area contributed by atoms with Crippen molar-refractivity contribution in [2.24, 2.45) is 16.1 Å². The lowest BCUT2D eigenvalue weighted by molar-refractivity contribution is -0.0892. The number of amides is 2. The molecule has 2 heterocycles. The zero-order valence-electron chi connectivity index (χ0n) is 14.7. The highest BCUT2D eigenvalue weighted by molar-refractivity contribution is 5.72. The molecule has 0 spiro atoms. The van der Waals surface area contributed by atoms with Gasteiger partial charge in [-0.1, -0.05) is 19.0 Å². The molecule has 1 saturated heterocycles. The highest BCUT2D eigenvalue weighted by atomic mass is 16.6. The van der Waals surface area contributed by atoms with Gasteiger partial charge in [0, 0.05) is 0 Å². The Bertz CT molecular complexity index is 538. The predicted octanol–water partition coefficient (Wildman–Crippen LogP) is 3.31. The van der Waals surface area contributed by atoms with Gasteiger partial charge in [-0.25, -0.2) is 9.59 Å². The second-order valence-corrected chi connectivity index (χ2v) is 7.65. The largest absolute Gasteiger partial charge is 0.454 e. The molecule has 0 aliphatic carbocycles. The van der Waals surface area contributed by atoms with E-state index in [-0.39, 0.29) is 12.5 Å². The summed E-state index contributed by atoms with van der Waals surface area (Å²) in [6, 6.07) is 0. The summed E-state index contributed by atoms with van der Waals surface area (Å²) in [7, 11) is 0. The number of hydrogen-bond donors (Lipinski definition) is 0. The van der Waals surface area contributed by atoms with Crippen LogP contribution in [0.25, 0.3) is 0 Å². The first-order valence-electron chi connectivity index (χ1n) is 7.69. The molecule has 130 valence electrons. The van der Waals surface area contributed by atoms with Gasteiger partial charge in [-0.3, -0.25) is 4.90 Å². The molecule has 2 aliphatic rings. The van der Waals surface area contributed by atoms with Gasteiger partial charge in [0.1, 0.15) is 16.9 Å². The zero-order chi connectivity index (χ0) is 17.6. The molecule has 0 aromatic rings. The van der Waals surface area contributed by atoms with Crippen molar-refractivity contribution in [3.63, 3.8) is 0 Å². The van der Waals surface area contributed by atoms with Gasteiger partial charge in [0.25, 0.3) is 0 Å². The van der Waals surface area contributed by atoms with Crippen LogP contribution in [-0.4, -0.2) is 46.8 Å². The van der Waals surface area contributed by atoms with E-state index in [0.29, 0.717) is 0 Å². The molecule has 0 radical (unpaired) electrons. The number of cyclic esters (lactones) is 1. The van der Waals surface area contributed by atoms with E-state index in [2.05, 4.69) is 10.2 Å². The van der Waals surface area contributed by atoms with Gasteiger partial charge in [-0.05, 0) is 40.5 Å². The van der Waals surface area contributed by atoms with Crippen LogP contribution in [0, 0.1) is 5.92 Å². The van der Waals surface area contributed by atoms with Gasteiger partial charge in [0.05, 0.1) is 6.61 Å². The maximum absolute atomic E-state index is 12.8. The molecule has 8 heteroatoms. The lowest BCUT2D eigenvalue weighted by Gasteiger charge is -2.45. The molecule has 23 heavy (non-hydrogen) atoms. The van der Waals surface area contributed by atoms with Crippen molar-refractivity contribution in [2.75, 3.05) is 6.61 Å². The molecule has 0 saturated carbocycles. The van der Waals surface area contributed by atoms with Gasteiger partial charge >= 0.3 is 12.2 Å². The minimum absolute atomic E-state index is 0.105. The van der Waals surface area contributed by atoms with Crippen LogP contribution in [0.4, 0.5) is 9.59 Å². The third-order valence-corrected chi connectivity index (χ3v) is 4.07. The van der Waals surface area contributed by atoms with Crippen LogP contribution >= 0.6 is 0 Å². The van der Waals surface area contributed by atoms with E-state index in [1.54, 1.807) is 34.6 Å². The number of ether oxygens (including phenoxy) is 3. The van der Waals surface area contributed by atoms with Crippen LogP contribution in [0.2, 0.25) is 0 Å². The first-order chi connectivity index (χ1) is 10.4. The monoisotopic (exact) mass is 327 g/mol. The van der Waals surface area contributed by atoms with Gasteiger partial charge in [-0.15, -0.1) is 5.11 Å². The highest BCUT2D eigenvalue weighted by Crippen LogP contribution is 2.45. The summed E-state index contributed by atoms with van der Waals surface area (Å²) < 4.78 is 16.6. The van der Waals surface area contributed by atoms with E-state index in [1.807, 2.05) is 13.8 Å². The first kappa shape index (κ1) is 17.7. The van der Waals surface area contributed by atoms with Crippen LogP contribution in [0.3, 0.4) is 0 Å². The minimum Gasteiger partial charge on any atom is -0.444 e. The Kier molecular flexibility index (Phi) is 4.17. The quantitative estimate of drug-likeness (QED) is 0.776. The smallest absolute Gasteiger partial charge is 0.444 e. The summed E-state index contributed by atoms with van der Waals surface area (Å²) in [5, 5.41) is 7.35. The third-order valence-electron chi connectivity index (χ3n) is 4.07. The van der Waals surface area contributed by atoms with Crippen molar-refractivity contribution in [3.8, 4) is 0 Å². The Morgan fingerprint density at radius 2 is 2.00 bits per heavy atom. The first-order valence-corrected chi connectivity index (χ1v) is 7.69. The Balaban J connectivity index is 2.45. The summed E-state index contributed by atoms with van der Waals surface area (Å²) in [6.45, 7) is 12.9. The van der Waals surface area contributed by atoms with Crippen LogP contribution in [0.15, 0.2) is 10.2 Å². The van der Waals surface area contributed by atoms with Crippen molar-refractivity contribution in [1.29, 1.82) is 0 Å². The van der Waals surface area contributed by atoms with Crippen molar-refractivity contribution >= 4 is 12.2 Å². The van der Waals surface area contributed by atoms with Gasteiger partial charge in [-0.2, -0.15) is 0 Å². The fraction of sp³-hybridized carbons (Fsp3) is 0.867. The molecule has 1 fully saturated rings. The lowest BCUT2D eigenvalue weighted by Crippen LogP contribution is -2.64. The van der Waals surface area contributed by atoms with Gasteiger partial charge < -0.3 is 14.2 Å². The lowest BCUT2D eigenvalue weighted by atomic mass is 9.83. The number of hydrogen-bond acceptors (Lipinski definition) is 6. The van der Waals surface area contributed by atoms with Crippen molar-refractivity contribution in [1.82, 2.24) is 4.90 Å². The predicted molar refractivity (Wildman–Crippen MR) is 80.8 cm³/mol. The van der Waals surface area contributed by atoms with Crippen LogP contribution in [-0.2, 0) is 14.2 Å². The molecule has 2 amide bonds. The number of azo groups is 1. The molecule has 0 bridgehead atoms. The average molecular weight is 327 g/mol. The number of nitrogens with zero attached hydrogens (tertiary/aromatic N) is 3. The van der Waals surface area contributed by atoms with E-state index >= 15 is 0 Å². The van der Waals surface area contributed by atoms with E-state index < -0.39 is 35.3 Å². The SMILES string of the molecule is CC(C)[C@@]1([C@@H]2N=NC(=O)O2)COC(C)(C)N1C(=O)OC(C)(C)C. The third kappa shape index (κ3) is 3.04. The summed E-state index contributed by atoms with van der Waals surface area (Å²) in [5.41, 5.74) is -2.55. The highest BCUT2D eigenvalue weighted by Gasteiger charge is 2.63. The molecule has 0 aromatic carbocycles. The van der Waals surface area contributed by atoms with E-state index in [4.69, 9.17) is 14.2 Å². The second kappa shape index (κ2) is 5.43. The van der Waals surface area contributed by atoms with Gasteiger partial charge in [0.15, 0.2) is 0 Å². The second-order valence-electron chi connectivity index (χ2n) is 7.65. The topological polar surface area (TPSA) is 89.8 Å². The summed E-state index contributed by atoms with van der Waals surface area (Å²) in [6.07, 6.45) is -2.21. The van der Waals surface area contributed by atoms with Crippen molar-refractivity contribution < 1.29 is 23.8 Å². The molecule has 2 atom stereocenters. The number of rotatable bonds is 2. The van der Waals surface area contributed by atoms with Gasteiger partial charge in [0.2, 0.25) is 6.23 Å². The fourth-order valence-electron chi connectivity index (χ4n) is 2.96. The summed E-state index contributed by atoms with van der Waals surface area (Å²) in [5.74, 6) is -0.105. The normalized spacial score (nSPS) is 30.0. The fourth-order valence-corrected chi connectivity index (χ4v) is 2.96. The van der Waals surface area contributed by atoms with Crippen LogP contribution < -0.4 is 0 Å². The average Bonchev–Trinajstić information content (AvgIpc) is 2.88. The molecule has 2 aliphatic heterocycles. The van der Waals surface area contributed by atoms with Crippen molar-refractivity contribution in [3.05, 3.63) is 0 Å². The minimum atomic E-state index is -0.971. The summed E-state index contributed by atoms with van der Waals surface area (Å²) >= 11 is 0. The van der Waals surface area contributed by atoms with Crippen LogP contribution in [0.5, 0.6) is 0 Å². The zero-order valence-corrected chi connectivity index (χ0v) is 14.7. The van der Waals surface area contributed by atoms with E-state index in [0.717, 1.165) is 0 Å². The molecule has 2 rings (SSSR count). The molecular weight excluding hydrogens is 302 g/mol. The Morgan fingerprint density at radius 3 is 2.43 bits per heavy atom. The molecular formula is C15H25N3O5. The van der Waals surface area contributed by atoms with Crippen LogP contribution in [0.1, 0.15) is 48.5 Å². The van der Waals surface area contributed by atoms with E-state index in [1.165, 1.54) is 4.90 Å². The van der Waals surface area contributed by atoms with Crippen molar-refractivity contribution in [2.45, 2.75) is 71.6 Å². The number of carbonyl (C=O) groups excluding carboxylic acids is 2. The molecule has 0 N–H and O–H groups in total. The maximum atomic E-state index is 12.8. The maximum Gasteiger partial charge on any atom is 0.454 e. The summed E-state index contributed by atoms with van der Waals surface area (Å²) in [4.78, 5) is 25.7. The standard InChI is InChI=1S/C15H25N3O5/c1-9(2)15(10-16-17-11(19)22-10)8-21-14(6,7)18(15)12(20)23-13(3,4)5/h9-10H,8H2,1-7H3/t10-,15-/m1/s1. The Hall–Kier alpha value is -1.70. The molecule has 0 aromatic heterocycles. The Morgan fingerprint density at radius 1 is 1.39 bits per heavy atom. The number of carbonyl (C=O) groups is 2. The molecule has 0 unspecified atom stereocenters. The Labute approximate surface area is 136 Å². The molecule has 8 nitrogen and oxygen atoms in total.